The van der Waals surface area contributed by atoms with Gasteiger partial charge in [-0.05, 0) is 37.1 Å². The predicted octanol–water partition coefficient (Wildman–Crippen LogP) is -0.824. The lowest BCUT2D eigenvalue weighted by Crippen LogP contribution is -2.63. The number of piperazine rings is 1. The first kappa shape index (κ1) is 22.0. The van der Waals surface area contributed by atoms with E-state index in [1.807, 2.05) is 0 Å². The average Bonchev–Trinajstić information content (AvgIpc) is 2.74. The zero-order valence-corrected chi connectivity index (χ0v) is 17.8. The van der Waals surface area contributed by atoms with Gasteiger partial charge in [0, 0.05) is 31.7 Å². The van der Waals surface area contributed by atoms with Gasteiger partial charge in [-0.1, -0.05) is 0 Å². The van der Waals surface area contributed by atoms with Crippen LogP contribution in [0.15, 0.2) is 24.3 Å². The molecule has 30 heavy (non-hydrogen) atoms. The molecule has 0 bridgehead atoms. The van der Waals surface area contributed by atoms with Crippen molar-refractivity contribution < 1.29 is 27.5 Å². The molecule has 1 aromatic carbocycles. The van der Waals surface area contributed by atoms with Gasteiger partial charge in [0.1, 0.15) is 17.8 Å². The number of piperidine rings is 1. The molecule has 0 aliphatic carbocycles. The maximum atomic E-state index is 13.1. The van der Waals surface area contributed by atoms with Crippen molar-refractivity contribution in [1.29, 1.82) is 0 Å². The molecule has 2 unspecified atom stereocenters. The molecule has 2 N–H and O–H groups in total. The van der Waals surface area contributed by atoms with Crippen molar-refractivity contribution in [1.82, 2.24) is 19.8 Å². The normalized spacial score (nSPS) is 22.9. The third-order valence-corrected chi connectivity index (χ3v) is 6.58. The third-order valence-electron chi connectivity index (χ3n) is 5.31. The highest BCUT2D eigenvalue weighted by Crippen LogP contribution is 2.19. The fourth-order valence-corrected chi connectivity index (χ4v) is 4.43. The van der Waals surface area contributed by atoms with E-state index in [1.165, 1.54) is 16.3 Å². The number of amides is 3. The van der Waals surface area contributed by atoms with Gasteiger partial charge in [-0.15, -0.1) is 0 Å². The lowest BCUT2D eigenvalue weighted by atomic mass is 10.0. The Kier molecular flexibility index (Phi) is 6.61. The third kappa shape index (κ3) is 4.90. The Morgan fingerprint density at radius 3 is 2.50 bits per heavy atom. The molecular weight excluding hydrogens is 412 g/mol. The van der Waals surface area contributed by atoms with Crippen molar-refractivity contribution in [2.45, 2.75) is 24.9 Å². The number of carbonyl (C=O) groups is 3. The van der Waals surface area contributed by atoms with Crippen LogP contribution in [0.3, 0.4) is 0 Å². The first-order valence-electron chi connectivity index (χ1n) is 9.69. The summed E-state index contributed by atoms with van der Waals surface area (Å²) in [4.78, 5) is 39.5. The molecule has 2 saturated heterocycles. The minimum atomic E-state index is -3.54. The number of nitrogens with one attached hydrogen (secondary N) is 2. The Hall–Kier alpha value is -2.66. The number of benzene rings is 1. The standard InChI is InChI=1S/C19H26N4O6S/c1-29-14-7-5-13(6-8-14)19(26)23-11-10-22(30(2,27)28)12-16(23)18(25)21-15-4-3-9-20-17(15)24/h5-8,15-16H,3-4,9-12H2,1-2H3,(H,20,24)(H,21,25). The van der Waals surface area contributed by atoms with Crippen LogP contribution in [0.2, 0.25) is 0 Å². The van der Waals surface area contributed by atoms with Gasteiger partial charge in [0.2, 0.25) is 21.8 Å². The molecule has 2 aliphatic rings. The van der Waals surface area contributed by atoms with Crippen molar-refractivity contribution in [2.24, 2.45) is 0 Å². The van der Waals surface area contributed by atoms with Crippen LogP contribution in [-0.4, -0.2) is 87.0 Å². The summed E-state index contributed by atoms with van der Waals surface area (Å²) in [6, 6.07) is 4.72. The van der Waals surface area contributed by atoms with Crippen LogP contribution in [0.5, 0.6) is 5.75 Å². The highest BCUT2D eigenvalue weighted by Gasteiger charge is 2.39. The van der Waals surface area contributed by atoms with E-state index in [9.17, 15) is 22.8 Å². The van der Waals surface area contributed by atoms with Crippen LogP contribution < -0.4 is 15.4 Å². The lowest BCUT2D eigenvalue weighted by molar-refractivity contribution is -0.133. The van der Waals surface area contributed by atoms with Crippen molar-refractivity contribution in [3.05, 3.63) is 29.8 Å². The SMILES string of the molecule is COc1ccc(C(=O)N2CCN(S(C)(=O)=O)CC2C(=O)NC2CCCNC2=O)cc1. The summed E-state index contributed by atoms with van der Waals surface area (Å²) in [6.07, 6.45) is 2.29. The maximum absolute atomic E-state index is 13.1. The Balaban J connectivity index is 1.82. The van der Waals surface area contributed by atoms with E-state index in [0.717, 1.165) is 12.7 Å². The van der Waals surface area contributed by atoms with Crippen molar-refractivity contribution in [3.63, 3.8) is 0 Å². The van der Waals surface area contributed by atoms with E-state index in [1.54, 1.807) is 24.3 Å². The van der Waals surface area contributed by atoms with Gasteiger partial charge in [-0.3, -0.25) is 14.4 Å². The number of ether oxygens (including phenoxy) is 1. The second-order valence-corrected chi connectivity index (χ2v) is 9.34. The van der Waals surface area contributed by atoms with Crippen LogP contribution >= 0.6 is 0 Å². The summed E-state index contributed by atoms with van der Waals surface area (Å²) in [5, 5.41) is 5.37. The molecule has 10 nitrogen and oxygen atoms in total. The van der Waals surface area contributed by atoms with Gasteiger partial charge in [0.05, 0.1) is 13.4 Å². The molecule has 164 valence electrons. The van der Waals surface area contributed by atoms with Gasteiger partial charge in [0.25, 0.3) is 5.91 Å². The smallest absolute Gasteiger partial charge is 0.254 e. The number of nitrogens with zero attached hydrogens (tertiary/aromatic N) is 2. The van der Waals surface area contributed by atoms with Gasteiger partial charge in [-0.25, -0.2) is 8.42 Å². The van der Waals surface area contributed by atoms with E-state index >= 15 is 0 Å². The van der Waals surface area contributed by atoms with Gasteiger partial charge in [0.15, 0.2) is 0 Å². The van der Waals surface area contributed by atoms with Crippen molar-refractivity contribution in [3.8, 4) is 5.75 Å². The van der Waals surface area contributed by atoms with E-state index in [2.05, 4.69) is 10.6 Å². The first-order chi connectivity index (χ1) is 14.2. The van der Waals surface area contributed by atoms with Crippen LogP contribution in [0, 0.1) is 0 Å². The Labute approximate surface area is 175 Å². The lowest BCUT2D eigenvalue weighted by Gasteiger charge is -2.40. The fourth-order valence-electron chi connectivity index (χ4n) is 3.60. The molecule has 3 rings (SSSR count). The number of methoxy groups -OCH3 is 1. The minimum absolute atomic E-state index is 0.0624. The maximum Gasteiger partial charge on any atom is 0.254 e. The molecule has 0 spiro atoms. The van der Waals surface area contributed by atoms with Crippen LogP contribution in [0.1, 0.15) is 23.2 Å². The van der Waals surface area contributed by atoms with Crippen molar-refractivity contribution in [2.75, 3.05) is 39.5 Å². The van der Waals surface area contributed by atoms with Crippen LogP contribution in [-0.2, 0) is 19.6 Å². The number of sulfonamides is 1. The number of hydrogen-bond donors (Lipinski definition) is 2. The molecule has 0 aromatic heterocycles. The summed E-state index contributed by atoms with van der Waals surface area (Å²) in [5.74, 6) is -0.629. The Morgan fingerprint density at radius 1 is 1.20 bits per heavy atom. The molecular formula is C19H26N4O6S. The highest BCUT2D eigenvalue weighted by molar-refractivity contribution is 7.88. The Bertz CT molecular complexity index is 917. The number of hydrogen-bond acceptors (Lipinski definition) is 6. The fraction of sp³-hybridized carbons (Fsp3) is 0.526. The second-order valence-electron chi connectivity index (χ2n) is 7.36. The largest absolute Gasteiger partial charge is 0.497 e. The second kappa shape index (κ2) is 9.00. The van der Waals surface area contributed by atoms with E-state index in [-0.39, 0.29) is 31.4 Å². The van der Waals surface area contributed by atoms with Gasteiger partial charge >= 0.3 is 0 Å². The highest BCUT2D eigenvalue weighted by atomic mass is 32.2. The van der Waals surface area contributed by atoms with Crippen LogP contribution in [0.4, 0.5) is 0 Å². The molecule has 2 fully saturated rings. The number of rotatable bonds is 5. The zero-order chi connectivity index (χ0) is 21.9. The molecule has 2 heterocycles. The topological polar surface area (TPSA) is 125 Å². The van der Waals surface area contributed by atoms with Crippen LogP contribution in [0.25, 0.3) is 0 Å². The molecule has 2 aliphatic heterocycles. The first-order valence-corrected chi connectivity index (χ1v) is 11.5. The quantitative estimate of drug-likeness (QED) is 0.619. The van der Waals surface area contributed by atoms with E-state index in [0.29, 0.717) is 24.3 Å². The molecule has 3 amide bonds. The summed E-state index contributed by atoms with van der Waals surface area (Å²) < 4.78 is 30.3. The average molecular weight is 439 g/mol. The van der Waals surface area contributed by atoms with E-state index < -0.39 is 28.0 Å². The minimum Gasteiger partial charge on any atom is -0.497 e. The van der Waals surface area contributed by atoms with E-state index in [4.69, 9.17) is 4.74 Å². The summed E-state index contributed by atoms with van der Waals surface area (Å²) >= 11 is 0. The molecule has 0 radical (unpaired) electrons. The number of carbonyl (C=O) groups excluding carboxylic acids is 3. The monoisotopic (exact) mass is 438 g/mol. The summed E-state index contributed by atoms with van der Waals surface area (Å²) in [7, 11) is -2.02. The molecule has 2 atom stereocenters. The Morgan fingerprint density at radius 2 is 1.90 bits per heavy atom. The summed E-state index contributed by atoms with van der Waals surface area (Å²) in [5.41, 5.74) is 0.358. The summed E-state index contributed by atoms with van der Waals surface area (Å²) in [6.45, 7) is 0.542. The predicted molar refractivity (Wildman–Crippen MR) is 108 cm³/mol. The molecule has 11 heteroatoms. The van der Waals surface area contributed by atoms with Crippen molar-refractivity contribution >= 4 is 27.7 Å². The van der Waals surface area contributed by atoms with Gasteiger partial charge < -0.3 is 20.3 Å². The zero-order valence-electron chi connectivity index (χ0n) is 17.0. The molecule has 0 saturated carbocycles. The van der Waals surface area contributed by atoms with Gasteiger partial charge in [-0.2, -0.15) is 4.31 Å². The molecule has 1 aromatic rings.